The van der Waals surface area contributed by atoms with Gasteiger partial charge in [-0.15, -0.1) is 0 Å². The number of hydrogen-bond acceptors (Lipinski definition) is 2. The molecule has 15 heavy (non-hydrogen) atoms. The molecule has 0 aliphatic rings. The van der Waals surface area contributed by atoms with Crippen molar-refractivity contribution in [2.45, 2.75) is 19.9 Å². The van der Waals surface area contributed by atoms with Crippen LogP contribution in [0.3, 0.4) is 0 Å². The van der Waals surface area contributed by atoms with E-state index in [1.807, 2.05) is 18.2 Å². The van der Waals surface area contributed by atoms with Crippen molar-refractivity contribution >= 4 is 22.5 Å². The Hall–Kier alpha value is -1.06. The van der Waals surface area contributed by atoms with Crippen LogP contribution in [0.4, 0.5) is 0 Å². The maximum absolute atomic E-state index is 6.08. The Morgan fingerprint density at radius 2 is 2.13 bits per heavy atom. The molecule has 3 nitrogen and oxygen atoms in total. The molecule has 1 atom stereocenters. The second-order valence-corrected chi connectivity index (χ2v) is 4.45. The van der Waals surface area contributed by atoms with E-state index in [4.69, 9.17) is 17.3 Å². The normalized spacial score (nSPS) is 13.7. The fourth-order valence-corrected chi connectivity index (χ4v) is 1.83. The van der Waals surface area contributed by atoms with E-state index in [-0.39, 0.29) is 6.04 Å². The van der Waals surface area contributed by atoms with Crippen LogP contribution in [0.25, 0.3) is 10.9 Å². The van der Waals surface area contributed by atoms with Gasteiger partial charge in [0.05, 0.1) is 10.7 Å². The van der Waals surface area contributed by atoms with Crippen molar-refractivity contribution < 1.29 is 0 Å². The number of rotatable bonds is 2. The number of hydrogen-bond donors (Lipinski definition) is 2. The molecule has 1 aromatic carbocycles. The highest BCUT2D eigenvalue weighted by molar-refractivity contribution is 6.35. The van der Waals surface area contributed by atoms with Crippen molar-refractivity contribution in [3.8, 4) is 0 Å². The van der Waals surface area contributed by atoms with Crippen LogP contribution in [0.1, 0.15) is 25.6 Å². The van der Waals surface area contributed by atoms with Gasteiger partial charge in [0, 0.05) is 11.4 Å². The molecule has 4 heteroatoms. The quantitative estimate of drug-likeness (QED) is 0.823. The minimum atomic E-state index is -0.0338. The van der Waals surface area contributed by atoms with E-state index in [9.17, 15) is 0 Å². The number of aromatic amines is 1. The van der Waals surface area contributed by atoms with E-state index in [0.29, 0.717) is 10.9 Å². The molecule has 0 saturated heterocycles. The van der Waals surface area contributed by atoms with Crippen LogP contribution in [0, 0.1) is 5.92 Å². The molecule has 0 fully saturated rings. The van der Waals surface area contributed by atoms with Gasteiger partial charge in [-0.25, -0.2) is 0 Å². The van der Waals surface area contributed by atoms with Crippen LogP contribution >= 0.6 is 11.6 Å². The highest BCUT2D eigenvalue weighted by Gasteiger charge is 2.16. The number of benzene rings is 1. The Labute approximate surface area is 93.6 Å². The Bertz CT molecular complexity index is 476. The lowest BCUT2D eigenvalue weighted by atomic mass is 9.99. The standard InChI is InChI=1S/C11H14ClN3/c1-6(2)9(13)11-7-4-3-5-8(12)10(7)14-15-11/h3-6,9H,13H2,1-2H3,(H,14,15). The maximum atomic E-state index is 6.08. The number of nitrogens with zero attached hydrogens (tertiary/aromatic N) is 1. The summed E-state index contributed by atoms with van der Waals surface area (Å²) in [7, 11) is 0. The predicted octanol–water partition coefficient (Wildman–Crippen LogP) is 2.87. The zero-order valence-corrected chi connectivity index (χ0v) is 9.55. The first-order valence-electron chi connectivity index (χ1n) is 4.99. The van der Waals surface area contributed by atoms with E-state index in [2.05, 4.69) is 24.0 Å². The van der Waals surface area contributed by atoms with Gasteiger partial charge in [0.1, 0.15) is 5.52 Å². The van der Waals surface area contributed by atoms with Crippen LogP contribution in [-0.4, -0.2) is 10.2 Å². The summed E-state index contributed by atoms with van der Waals surface area (Å²) in [6, 6.07) is 5.70. The predicted molar refractivity (Wildman–Crippen MR) is 62.9 cm³/mol. The molecule has 2 aromatic rings. The number of nitrogens with one attached hydrogen (secondary N) is 1. The topological polar surface area (TPSA) is 54.7 Å². The smallest absolute Gasteiger partial charge is 0.111 e. The minimum Gasteiger partial charge on any atom is -0.322 e. The SMILES string of the molecule is CC(C)C(N)c1[nH]nc2c(Cl)cccc12. The molecule has 1 aromatic heterocycles. The molecule has 80 valence electrons. The van der Waals surface area contributed by atoms with Crippen LogP contribution in [-0.2, 0) is 0 Å². The first-order valence-corrected chi connectivity index (χ1v) is 5.37. The van der Waals surface area contributed by atoms with Crippen molar-refractivity contribution in [1.29, 1.82) is 0 Å². The van der Waals surface area contributed by atoms with Gasteiger partial charge in [-0.1, -0.05) is 37.6 Å². The van der Waals surface area contributed by atoms with Crippen molar-refractivity contribution in [3.63, 3.8) is 0 Å². The summed E-state index contributed by atoms with van der Waals surface area (Å²) in [6.45, 7) is 4.17. The highest BCUT2D eigenvalue weighted by atomic mass is 35.5. The zero-order chi connectivity index (χ0) is 11.0. The van der Waals surface area contributed by atoms with E-state index in [1.165, 1.54) is 0 Å². The number of nitrogens with two attached hydrogens (primary N) is 1. The van der Waals surface area contributed by atoms with Crippen LogP contribution in [0.2, 0.25) is 5.02 Å². The third-order valence-electron chi connectivity index (χ3n) is 2.62. The summed E-state index contributed by atoms with van der Waals surface area (Å²) in [6.07, 6.45) is 0. The third kappa shape index (κ3) is 1.73. The van der Waals surface area contributed by atoms with Crippen molar-refractivity contribution in [2.75, 3.05) is 0 Å². The van der Waals surface area contributed by atoms with Crippen molar-refractivity contribution in [2.24, 2.45) is 11.7 Å². The van der Waals surface area contributed by atoms with E-state index >= 15 is 0 Å². The van der Waals surface area contributed by atoms with Gasteiger partial charge in [0.25, 0.3) is 0 Å². The molecule has 0 amide bonds. The number of halogens is 1. The summed E-state index contributed by atoms with van der Waals surface area (Å²) < 4.78 is 0. The molecule has 1 heterocycles. The fraction of sp³-hybridized carbons (Fsp3) is 0.364. The first kappa shape index (κ1) is 10.5. The van der Waals surface area contributed by atoms with Crippen LogP contribution < -0.4 is 5.73 Å². The largest absolute Gasteiger partial charge is 0.322 e. The van der Waals surface area contributed by atoms with E-state index in [0.717, 1.165) is 16.6 Å². The highest BCUT2D eigenvalue weighted by Crippen LogP contribution is 2.28. The monoisotopic (exact) mass is 223 g/mol. The van der Waals surface area contributed by atoms with Gasteiger partial charge >= 0.3 is 0 Å². The molecule has 0 saturated carbocycles. The Morgan fingerprint density at radius 1 is 1.40 bits per heavy atom. The number of H-pyrrole nitrogens is 1. The summed E-state index contributed by atoms with van der Waals surface area (Å²) in [5.74, 6) is 0.368. The molecule has 0 aliphatic heterocycles. The average molecular weight is 224 g/mol. The minimum absolute atomic E-state index is 0.0338. The van der Waals surface area contributed by atoms with Crippen LogP contribution in [0.5, 0.6) is 0 Å². The van der Waals surface area contributed by atoms with Gasteiger partial charge in [-0.2, -0.15) is 5.10 Å². The van der Waals surface area contributed by atoms with Crippen LogP contribution in [0.15, 0.2) is 18.2 Å². The molecule has 2 rings (SSSR count). The summed E-state index contributed by atoms with van der Waals surface area (Å²) in [5.41, 5.74) is 7.84. The average Bonchev–Trinajstić information content (AvgIpc) is 2.61. The second kappa shape index (κ2) is 3.83. The fourth-order valence-electron chi connectivity index (χ4n) is 1.61. The molecule has 0 radical (unpaired) electrons. The Morgan fingerprint density at radius 3 is 2.80 bits per heavy atom. The molecule has 1 unspecified atom stereocenters. The van der Waals surface area contributed by atoms with Gasteiger partial charge in [0.15, 0.2) is 0 Å². The Balaban J connectivity index is 2.59. The lowest BCUT2D eigenvalue weighted by Crippen LogP contribution is -2.17. The van der Waals surface area contributed by atoms with Gasteiger partial charge in [-0.3, -0.25) is 5.10 Å². The number of aromatic nitrogens is 2. The molecular formula is C11H14ClN3. The zero-order valence-electron chi connectivity index (χ0n) is 8.79. The second-order valence-electron chi connectivity index (χ2n) is 4.04. The van der Waals surface area contributed by atoms with Crippen molar-refractivity contribution in [1.82, 2.24) is 10.2 Å². The molecule has 0 aliphatic carbocycles. The molecule has 0 bridgehead atoms. The molecule has 0 spiro atoms. The van der Waals surface area contributed by atoms with E-state index < -0.39 is 0 Å². The molecule has 3 N–H and O–H groups in total. The number of para-hydroxylation sites is 1. The maximum Gasteiger partial charge on any atom is 0.111 e. The molecular weight excluding hydrogens is 210 g/mol. The summed E-state index contributed by atoms with van der Waals surface area (Å²) in [5, 5.41) is 8.84. The summed E-state index contributed by atoms with van der Waals surface area (Å²) >= 11 is 6.03. The van der Waals surface area contributed by atoms with Gasteiger partial charge in [-0.05, 0) is 12.0 Å². The van der Waals surface area contributed by atoms with E-state index in [1.54, 1.807) is 0 Å². The lowest BCUT2D eigenvalue weighted by Gasteiger charge is -2.13. The van der Waals surface area contributed by atoms with Crippen molar-refractivity contribution in [3.05, 3.63) is 28.9 Å². The lowest BCUT2D eigenvalue weighted by molar-refractivity contribution is 0.505. The first-order chi connectivity index (χ1) is 7.11. The van der Waals surface area contributed by atoms with Gasteiger partial charge in [0.2, 0.25) is 0 Å². The van der Waals surface area contributed by atoms with Gasteiger partial charge < -0.3 is 5.73 Å². The third-order valence-corrected chi connectivity index (χ3v) is 2.92. The summed E-state index contributed by atoms with van der Waals surface area (Å²) in [4.78, 5) is 0. The number of fused-ring (bicyclic) bond motifs is 1. The Kier molecular flexibility index (Phi) is 2.67.